The minimum absolute atomic E-state index is 0.287. The molecule has 0 aliphatic rings. The molecular weight excluding hydrogens is 200 g/mol. The Kier molecular flexibility index (Phi) is 2.42. The average molecular weight is 216 g/mol. The van der Waals surface area contributed by atoms with Crippen LogP contribution in [0.2, 0.25) is 0 Å². The van der Waals surface area contributed by atoms with Crippen molar-refractivity contribution in [3.8, 4) is 22.6 Å². The van der Waals surface area contributed by atoms with E-state index >= 15 is 0 Å². The Labute approximate surface area is 98.3 Å². The summed E-state index contributed by atoms with van der Waals surface area (Å²) >= 11 is 0. The molecule has 0 N–H and O–H groups in total. The normalized spacial score (nSPS) is 11.6. The zero-order valence-corrected chi connectivity index (χ0v) is 9.28. The van der Waals surface area contributed by atoms with Crippen LogP contribution in [0.1, 0.15) is 2.74 Å². The van der Waals surface area contributed by atoms with E-state index in [4.69, 9.17) is 12.2 Å². The third kappa shape index (κ3) is 1.87. The Balaban J connectivity index is 2.60. The molecular formula is C14H14O2. The molecule has 0 unspecified atom stereocenters. The molecule has 2 aromatic carbocycles. The summed E-state index contributed by atoms with van der Waals surface area (Å²) < 4.78 is 25.8. The van der Waals surface area contributed by atoms with Crippen LogP contribution in [0, 0.1) is 0 Å². The molecule has 0 aliphatic heterocycles. The van der Waals surface area contributed by atoms with E-state index in [1.165, 1.54) is 7.11 Å². The first kappa shape index (κ1) is 8.22. The second-order valence-electron chi connectivity index (χ2n) is 3.25. The van der Waals surface area contributed by atoms with Crippen LogP contribution in [-0.4, -0.2) is 14.2 Å². The van der Waals surface area contributed by atoms with Gasteiger partial charge in [0.25, 0.3) is 0 Å². The number of hydrogen-bond donors (Lipinski definition) is 0. The number of rotatable bonds is 3. The summed E-state index contributed by atoms with van der Waals surface area (Å²) in [5.74, 6) is 0.965. The fraction of sp³-hybridized carbons (Fsp3) is 0.143. The number of ether oxygens (including phenoxy) is 2. The van der Waals surface area contributed by atoms with Crippen molar-refractivity contribution in [2.75, 3.05) is 14.2 Å². The molecule has 2 heteroatoms. The molecule has 2 nitrogen and oxygen atoms in total. The molecule has 2 rings (SSSR count). The molecule has 16 heavy (non-hydrogen) atoms. The van der Waals surface area contributed by atoms with E-state index in [9.17, 15) is 0 Å². The van der Waals surface area contributed by atoms with Gasteiger partial charge in [-0.2, -0.15) is 0 Å². The molecule has 0 aromatic heterocycles. The van der Waals surface area contributed by atoms with Crippen molar-refractivity contribution in [1.29, 1.82) is 0 Å². The van der Waals surface area contributed by atoms with Gasteiger partial charge in [0.05, 0.1) is 17.0 Å². The van der Waals surface area contributed by atoms with Crippen LogP contribution in [0.5, 0.6) is 11.5 Å². The standard InChI is InChI=1S/C14H14O2/c1-15-13-10-6-9-12(14(13)16-2)11-7-4-3-5-8-11/h3-10H,1-2H3/i3D,10D. The first-order valence-corrected chi connectivity index (χ1v) is 4.96. The summed E-state index contributed by atoms with van der Waals surface area (Å²) in [7, 11) is 3.08. The van der Waals surface area contributed by atoms with Gasteiger partial charge in [-0.05, 0) is 11.6 Å². The Bertz CT molecular complexity index is 550. The predicted octanol–water partition coefficient (Wildman–Crippen LogP) is 3.37. The van der Waals surface area contributed by atoms with Crippen molar-refractivity contribution < 1.29 is 12.2 Å². The maximum absolute atomic E-state index is 7.77. The molecule has 0 radical (unpaired) electrons. The molecule has 0 atom stereocenters. The third-order valence-corrected chi connectivity index (χ3v) is 2.35. The van der Waals surface area contributed by atoms with Gasteiger partial charge in [0.15, 0.2) is 11.5 Å². The van der Waals surface area contributed by atoms with Crippen molar-refractivity contribution in [3.63, 3.8) is 0 Å². The van der Waals surface area contributed by atoms with Gasteiger partial charge in [0.2, 0.25) is 0 Å². The van der Waals surface area contributed by atoms with E-state index in [0.29, 0.717) is 17.5 Å². The van der Waals surface area contributed by atoms with Gasteiger partial charge in [-0.15, -0.1) is 0 Å². The van der Waals surface area contributed by atoms with Gasteiger partial charge in [0, 0.05) is 5.56 Å². The lowest BCUT2D eigenvalue weighted by Crippen LogP contribution is -1.92. The summed E-state index contributed by atoms with van der Waals surface area (Å²) in [4.78, 5) is 0. The van der Waals surface area contributed by atoms with Crippen molar-refractivity contribution in [3.05, 3.63) is 48.5 Å². The summed E-state index contributed by atoms with van der Waals surface area (Å²) in [5, 5.41) is 0. The summed E-state index contributed by atoms with van der Waals surface area (Å²) in [6, 6.07) is 11.4. The Morgan fingerprint density at radius 1 is 1.00 bits per heavy atom. The smallest absolute Gasteiger partial charge is 0.168 e. The highest BCUT2D eigenvalue weighted by atomic mass is 16.5. The zero-order chi connectivity index (χ0) is 13.1. The van der Waals surface area contributed by atoms with Crippen LogP contribution in [-0.2, 0) is 0 Å². The fourth-order valence-electron chi connectivity index (χ4n) is 1.61. The number of hydrogen-bond acceptors (Lipinski definition) is 2. The van der Waals surface area contributed by atoms with Crippen molar-refractivity contribution in [2.45, 2.75) is 0 Å². The summed E-state index contributed by atoms with van der Waals surface area (Å²) in [6.45, 7) is 0. The maximum Gasteiger partial charge on any atom is 0.168 e. The second kappa shape index (κ2) is 4.71. The fourth-order valence-corrected chi connectivity index (χ4v) is 1.61. The molecule has 0 amide bonds. The topological polar surface area (TPSA) is 18.5 Å². The van der Waals surface area contributed by atoms with Crippen LogP contribution in [0.4, 0.5) is 0 Å². The first-order chi connectivity index (χ1) is 8.67. The second-order valence-corrected chi connectivity index (χ2v) is 3.25. The molecule has 0 saturated heterocycles. The molecule has 0 spiro atoms. The lowest BCUT2D eigenvalue weighted by atomic mass is 10.0. The van der Waals surface area contributed by atoms with Crippen LogP contribution in [0.15, 0.2) is 48.5 Å². The molecule has 0 bridgehead atoms. The zero-order valence-electron chi connectivity index (χ0n) is 11.3. The Morgan fingerprint density at radius 2 is 1.75 bits per heavy atom. The quantitative estimate of drug-likeness (QED) is 0.783. The minimum atomic E-state index is 0.287. The SMILES string of the molecule is [2H]c1ccc(-c2ccc([2H])c(OC)c2OC)cc1. The van der Waals surface area contributed by atoms with E-state index in [1.807, 2.05) is 18.2 Å². The minimum Gasteiger partial charge on any atom is -0.493 e. The summed E-state index contributed by atoms with van der Waals surface area (Å²) in [5.41, 5.74) is 1.78. The summed E-state index contributed by atoms with van der Waals surface area (Å²) in [6.07, 6.45) is 0. The molecule has 82 valence electrons. The van der Waals surface area contributed by atoms with Gasteiger partial charge in [-0.25, -0.2) is 0 Å². The monoisotopic (exact) mass is 216 g/mol. The number of methoxy groups -OCH3 is 2. The Hall–Kier alpha value is -1.96. The number of para-hydroxylation sites is 1. The van der Waals surface area contributed by atoms with Gasteiger partial charge in [-0.1, -0.05) is 42.4 Å². The molecule has 2 aromatic rings. The first-order valence-electron chi connectivity index (χ1n) is 5.96. The lowest BCUT2D eigenvalue weighted by molar-refractivity contribution is 0.356. The van der Waals surface area contributed by atoms with Crippen molar-refractivity contribution in [1.82, 2.24) is 0 Å². The molecule has 0 heterocycles. The highest BCUT2D eigenvalue weighted by Gasteiger charge is 2.10. The molecule has 0 fully saturated rings. The van der Waals surface area contributed by atoms with Gasteiger partial charge >= 0.3 is 0 Å². The predicted molar refractivity (Wildman–Crippen MR) is 65.0 cm³/mol. The van der Waals surface area contributed by atoms with Gasteiger partial charge in [0.1, 0.15) is 0 Å². The maximum atomic E-state index is 7.77. The van der Waals surface area contributed by atoms with Gasteiger partial charge in [-0.3, -0.25) is 0 Å². The van der Waals surface area contributed by atoms with E-state index in [-0.39, 0.29) is 6.04 Å². The molecule has 0 saturated carbocycles. The van der Waals surface area contributed by atoms with Crippen LogP contribution >= 0.6 is 0 Å². The van der Waals surface area contributed by atoms with Crippen molar-refractivity contribution >= 4 is 0 Å². The average Bonchev–Trinajstić information content (AvgIpc) is 2.39. The van der Waals surface area contributed by atoms with E-state index in [1.54, 1.807) is 25.3 Å². The van der Waals surface area contributed by atoms with Crippen LogP contribution in [0.25, 0.3) is 11.1 Å². The van der Waals surface area contributed by atoms with E-state index in [0.717, 1.165) is 11.1 Å². The third-order valence-electron chi connectivity index (χ3n) is 2.35. The van der Waals surface area contributed by atoms with Crippen molar-refractivity contribution in [2.24, 2.45) is 0 Å². The highest BCUT2D eigenvalue weighted by Crippen LogP contribution is 2.37. The van der Waals surface area contributed by atoms with Crippen LogP contribution < -0.4 is 9.47 Å². The lowest BCUT2D eigenvalue weighted by Gasteiger charge is -2.12. The van der Waals surface area contributed by atoms with E-state index < -0.39 is 0 Å². The highest BCUT2D eigenvalue weighted by molar-refractivity contribution is 5.73. The largest absolute Gasteiger partial charge is 0.493 e. The van der Waals surface area contributed by atoms with E-state index in [2.05, 4.69) is 0 Å². The van der Waals surface area contributed by atoms with Gasteiger partial charge < -0.3 is 9.47 Å². The number of benzene rings is 2. The molecule has 0 aliphatic carbocycles. The Morgan fingerprint density at radius 3 is 2.38 bits per heavy atom. The van der Waals surface area contributed by atoms with Crippen LogP contribution in [0.3, 0.4) is 0 Å².